The Bertz CT molecular complexity index is 1700. The van der Waals surface area contributed by atoms with Crippen LogP contribution in [0.1, 0.15) is 6.92 Å². The Morgan fingerprint density at radius 1 is 0.712 bits per heavy atom. The topological polar surface area (TPSA) is 297 Å². The highest BCUT2D eigenvalue weighted by Crippen LogP contribution is 2.40. The molecule has 2 saturated heterocycles. The monoisotopic (exact) mass is 742 g/mol. The molecule has 0 amide bonds. The first-order valence-corrected chi connectivity index (χ1v) is 16.3. The number of ether oxygens (including phenoxy) is 7. The highest BCUT2D eigenvalue weighted by atomic mass is 16.7. The van der Waals surface area contributed by atoms with Crippen LogP contribution in [0.3, 0.4) is 0 Å². The Morgan fingerprint density at radius 2 is 1.35 bits per heavy atom. The molecule has 3 heterocycles. The second-order valence-corrected chi connectivity index (χ2v) is 11.9. The summed E-state index contributed by atoms with van der Waals surface area (Å²) in [5.41, 5.74) is -1.08. The van der Waals surface area contributed by atoms with Gasteiger partial charge >= 0.3 is 0 Å². The van der Waals surface area contributed by atoms with Crippen LogP contribution >= 0.6 is 0 Å². The number of aliphatic hydroxyl groups is 9. The largest absolute Gasteiger partial charge is 0.507 e. The Morgan fingerprint density at radius 3 is 2.04 bits per heavy atom. The molecule has 10 atom stereocenters. The van der Waals surface area contributed by atoms with Crippen molar-refractivity contribution >= 4 is 11.0 Å². The second-order valence-electron chi connectivity index (χ2n) is 11.9. The summed E-state index contributed by atoms with van der Waals surface area (Å²) in [7, 11) is 0. The first-order chi connectivity index (χ1) is 24.9. The third-order valence-corrected chi connectivity index (χ3v) is 8.31. The molecule has 1 aromatic heterocycles. The zero-order valence-electron chi connectivity index (χ0n) is 27.8. The summed E-state index contributed by atoms with van der Waals surface area (Å²) in [6.45, 7) is -0.648. The Kier molecular flexibility index (Phi) is 13.1. The number of hydrogen-bond donors (Lipinski definition) is 10. The maximum absolute atomic E-state index is 14.1. The quantitative estimate of drug-likeness (QED) is 0.0758. The van der Waals surface area contributed by atoms with E-state index in [9.17, 15) is 55.9 Å². The second kappa shape index (κ2) is 17.3. The van der Waals surface area contributed by atoms with Gasteiger partial charge in [-0.2, -0.15) is 0 Å². The molecule has 0 spiro atoms. The van der Waals surface area contributed by atoms with Gasteiger partial charge in [0.05, 0.1) is 32.5 Å². The molecule has 52 heavy (non-hydrogen) atoms. The molecule has 2 aliphatic heterocycles. The van der Waals surface area contributed by atoms with Gasteiger partial charge in [0.15, 0.2) is 23.5 Å². The lowest BCUT2D eigenvalue weighted by molar-refractivity contribution is -0.318. The van der Waals surface area contributed by atoms with Crippen molar-refractivity contribution in [3.63, 3.8) is 0 Å². The maximum Gasteiger partial charge on any atom is 0.239 e. The van der Waals surface area contributed by atoms with Crippen LogP contribution < -0.4 is 24.4 Å². The van der Waals surface area contributed by atoms with Crippen LogP contribution in [0.4, 0.5) is 0 Å². The molecule has 0 saturated carbocycles. The van der Waals surface area contributed by atoms with Gasteiger partial charge in [-0.3, -0.25) is 4.79 Å². The molecule has 5 unspecified atom stereocenters. The predicted octanol–water partition coefficient (Wildman–Crippen LogP) is -2.69. The fraction of sp³-hybridized carbons (Fsp3) is 0.545. The van der Waals surface area contributed by atoms with Crippen molar-refractivity contribution in [1.82, 2.24) is 0 Å². The van der Waals surface area contributed by atoms with Crippen molar-refractivity contribution < 1.29 is 88.6 Å². The fourth-order valence-electron chi connectivity index (χ4n) is 5.60. The summed E-state index contributed by atoms with van der Waals surface area (Å²) < 4.78 is 45.1. The third-order valence-electron chi connectivity index (χ3n) is 8.31. The molecule has 3 aromatic rings. The number of phenolic OH excluding ortho intramolecular Hbond substituents is 1. The minimum Gasteiger partial charge on any atom is -0.507 e. The Balaban J connectivity index is 1.53. The lowest BCUT2D eigenvalue weighted by atomic mass is 9.98. The number of aliphatic hydroxyl groups excluding tert-OH is 9. The van der Waals surface area contributed by atoms with Gasteiger partial charge in [-0.1, -0.05) is 0 Å². The van der Waals surface area contributed by atoms with E-state index in [1.807, 2.05) is 0 Å². The number of aromatic hydroxyl groups is 1. The van der Waals surface area contributed by atoms with E-state index in [0.29, 0.717) is 0 Å². The maximum atomic E-state index is 14.1. The number of fused-ring (bicyclic) bond motifs is 1. The van der Waals surface area contributed by atoms with Crippen molar-refractivity contribution in [2.75, 3.05) is 46.2 Å². The summed E-state index contributed by atoms with van der Waals surface area (Å²) >= 11 is 0. The first kappa shape index (κ1) is 39.4. The lowest BCUT2D eigenvalue weighted by Gasteiger charge is -2.42. The van der Waals surface area contributed by atoms with Crippen LogP contribution in [-0.4, -0.2) is 159 Å². The third kappa shape index (κ3) is 8.36. The molecular weight excluding hydrogens is 700 g/mol. The fourth-order valence-corrected chi connectivity index (χ4v) is 5.60. The molecule has 19 nitrogen and oxygen atoms in total. The van der Waals surface area contributed by atoms with Crippen molar-refractivity contribution in [3.05, 3.63) is 40.6 Å². The highest BCUT2D eigenvalue weighted by molar-refractivity contribution is 5.88. The molecule has 288 valence electrons. The van der Waals surface area contributed by atoms with Crippen LogP contribution in [0.2, 0.25) is 0 Å². The summed E-state index contributed by atoms with van der Waals surface area (Å²) in [5.74, 6) is -1.31. The average Bonchev–Trinajstić information content (AvgIpc) is 3.13. The van der Waals surface area contributed by atoms with Gasteiger partial charge in [0.1, 0.15) is 85.0 Å². The van der Waals surface area contributed by atoms with E-state index in [2.05, 4.69) is 0 Å². The normalized spacial score (nSPS) is 29.2. The minimum atomic E-state index is -1.98. The Hall–Kier alpha value is -3.83. The Labute approximate surface area is 294 Å². The van der Waals surface area contributed by atoms with Crippen molar-refractivity contribution in [2.24, 2.45) is 0 Å². The predicted molar refractivity (Wildman–Crippen MR) is 173 cm³/mol. The van der Waals surface area contributed by atoms with Crippen molar-refractivity contribution in [2.45, 2.75) is 68.3 Å². The van der Waals surface area contributed by atoms with E-state index >= 15 is 0 Å². The van der Waals surface area contributed by atoms with Gasteiger partial charge in [0, 0.05) is 17.7 Å². The summed E-state index contributed by atoms with van der Waals surface area (Å²) in [6, 6.07) is 6.59. The van der Waals surface area contributed by atoms with Crippen LogP contribution in [0.25, 0.3) is 22.3 Å². The molecule has 0 radical (unpaired) electrons. The SMILES string of the molecule is CC1OC(OC[C@H]2OC(Oc3c(-c4ccc(OCCO)c(OCCO)c4)oc4cc(OCCO)cc(O)c4c3=O)[C@H](O)C(O)[C@@H]2O)[C@H](O)[C@H](O)C1O. The summed E-state index contributed by atoms with van der Waals surface area (Å²) in [4.78, 5) is 14.1. The van der Waals surface area contributed by atoms with Gasteiger partial charge in [-0.25, -0.2) is 0 Å². The molecule has 2 aliphatic rings. The van der Waals surface area contributed by atoms with Crippen LogP contribution in [0, 0.1) is 0 Å². The average molecular weight is 743 g/mol. The number of hydrogen-bond acceptors (Lipinski definition) is 19. The van der Waals surface area contributed by atoms with E-state index in [0.717, 1.165) is 6.07 Å². The van der Waals surface area contributed by atoms with E-state index in [4.69, 9.17) is 37.6 Å². The lowest BCUT2D eigenvalue weighted by Crippen LogP contribution is -2.61. The zero-order chi connectivity index (χ0) is 37.7. The summed E-state index contributed by atoms with van der Waals surface area (Å²) in [6.07, 6.45) is -16.3. The zero-order valence-corrected chi connectivity index (χ0v) is 27.8. The number of rotatable bonds is 15. The standard InChI is InChI=1S/C33H42O19/c1-14-23(38)26(41)28(43)32(49-14)48-13-21-24(39)27(42)29(44)33(51-21)52-31-25(40)22-17(37)11-16(45-7-4-34)12-20(22)50-30(31)15-2-3-18(46-8-5-35)19(10-15)47-9-6-36/h2-3,10-12,14,21,23-24,26-29,32-39,41-44H,4-9,13H2,1H3/t14?,21-,23?,24-,26-,27?,28-,29-,32?,33?/m1/s1. The minimum absolute atomic E-state index is 0.0380. The smallest absolute Gasteiger partial charge is 0.239 e. The van der Waals surface area contributed by atoms with Crippen molar-refractivity contribution in [1.29, 1.82) is 0 Å². The van der Waals surface area contributed by atoms with E-state index in [1.54, 1.807) is 0 Å². The van der Waals surface area contributed by atoms with Gasteiger partial charge in [0.25, 0.3) is 0 Å². The summed E-state index contributed by atoms with van der Waals surface area (Å²) in [5, 5.41) is 101. The number of benzene rings is 2. The molecule has 19 heteroatoms. The van der Waals surface area contributed by atoms with E-state index < -0.39 is 84.9 Å². The van der Waals surface area contributed by atoms with Gasteiger partial charge < -0.3 is 88.6 Å². The molecule has 10 N–H and O–H groups in total. The van der Waals surface area contributed by atoms with Crippen LogP contribution in [-0.2, 0) is 14.2 Å². The van der Waals surface area contributed by atoms with Crippen LogP contribution in [0.15, 0.2) is 39.5 Å². The molecule has 2 aromatic carbocycles. The van der Waals surface area contributed by atoms with Crippen molar-refractivity contribution in [3.8, 4) is 40.1 Å². The highest BCUT2D eigenvalue weighted by Gasteiger charge is 2.48. The van der Waals surface area contributed by atoms with E-state index in [1.165, 1.54) is 31.2 Å². The van der Waals surface area contributed by atoms with Gasteiger partial charge in [0.2, 0.25) is 17.5 Å². The van der Waals surface area contributed by atoms with Gasteiger partial charge in [-0.05, 0) is 25.1 Å². The molecule has 0 bridgehead atoms. The number of phenols is 1. The van der Waals surface area contributed by atoms with Crippen LogP contribution in [0.5, 0.6) is 28.7 Å². The molecular formula is C33H42O19. The molecule has 2 fully saturated rings. The first-order valence-electron chi connectivity index (χ1n) is 16.3. The molecule has 0 aliphatic carbocycles. The van der Waals surface area contributed by atoms with E-state index in [-0.39, 0.29) is 79.2 Å². The molecule has 5 rings (SSSR count). The van der Waals surface area contributed by atoms with Gasteiger partial charge in [-0.15, -0.1) is 0 Å².